The maximum atomic E-state index is 12.7. The van der Waals surface area contributed by atoms with Crippen molar-refractivity contribution < 1.29 is 17.9 Å². The highest BCUT2D eigenvalue weighted by Gasteiger charge is 2.23. The van der Waals surface area contributed by atoms with Crippen molar-refractivity contribution >= 4 is 15.7 Å². The van der Waals surface area contributed by atoms with Crippen molar-refractivity contribution in [3.05, 3.63) is 35.4 Å². The van der Waals surface area contributed by atoms with Crippen LogP contribution in [0.1, 0.15) is 67.8 Å². The van der Waals surface area contributed by atoms with Gasteiger partial charge in [0.05, 0.1) is 24.2 Å². The first-order chi connectivity index (χ1) is 13.4. The predicted octanol–water partition coefficient (Wildman–Crippen LogP) is 3.82. The lowest BCUT2D eigenvalue weighted by Crippen LogP contribution is -2.35. The molecule has 1 aromatic rings. The highest BCUT2D eigenvalue weighted by atomic mass is 32.2. The lowest BCUT2D eigenvalue weighted by molar-refractivity contribution is 0.00301. The summed E-state index contributed by atoms with van der Waals surface area (Å²) in [5, 5.41) is 0. The van der Waals surface area contributed by atoms with Gasteiger partial charge in [0.25, 0.3) is 5.91 Å². The summed E-state index contributed by atoms with van der Waals surface area (Å²) in [6.07, 6.45) is 8.04. The summed E-state index contributed by atoms with van der Waals surface area (Å²) >= 11 is 0. The molecule has 5 nitrogen and oxygen atoms in total. The summed E-state index contributed by atoms with van der Waals surface area (Å²) < 4.78 is 30.9. The first-order valence-electron chi connectivity index (χ1n) is 10.6. The number of piperidine rings is 1. The second-order valence-corrected chi connectivity index (χ2v) is 10.5. The Morgan fingerprint density at radius 3 is 2.61 bits per heavy atom. The zero-order chi connectivity index (χ0) is 20.0. The van der Waals surface area contributed by atoms with Crippen LogP contribution in [0.25, 0.3) is 0 Å². The van der Waals surface area contributed by atoms with E-state index in [1.807, 2.05) is 4.90 Å². The standard InChI is InChI=1S/C22H33NO4S/c1-18-8-3-4-11-21(18)27-14-15-28(25,26)17-19-9-7-10-20(16-19)22(24)23-12-5-2-6-13-23/h7,9-10,16,18,21H,2-6,8,11-15,17H2,1H3/t18-,21-/m0/s1. The Morgan fingerprint density at radius 1 is 1.11 bits per heavy atom. The molecule has 1 heterocycles. The van der Waals surface area contributed by atoms with E-state index < -0.39 is 9.84 Å². The van der Waals surface area contributed by atoms with E-state index in [-0.39, 0.29) is 30.1 Å². The van der Waals surface area contributed by atoms with Crippen LogP contribution in [0.5, 0.6) is 0 Å². The number of hydrogen-bond donors (Lipinski definition) is 0. The molecule has 3 rings (SSSR count). The van der Waals surface area contributed by atoms with E-state index in [9.17, 15) is 13.2 Å². The smallest absolute Gasteiger partial charge is 0.253 e. The molecule has 0 unspecified atom stereocenters. The van der Waals surface area contributed by atoms with Crippen molar-refractivity contribution in [3.63, 3.8) is 0 Å². The minimum absolute atomic E-state index is 0.00793. The van der Waals surface area contributed by atoms with Crippen molar-refractivity contribution in [2.75, 3.05) is 25.4 Å². The molecule has 1 aromatic carbocycles. The SMILES string of the molecule is C[C@H]1CCCC[C@@H]1OCCS(=O)(=O)Cc1cccc(C(=O)N2CCCCC2)c1. The van der Waals surface area contributed by atoms with Gasteiger partial charge in [0.1, 0.15) is 0 Å². The second kappa shape index (κ2) is 9.88. The number of ether oxygens (including phenoxy) is 1. The maximum absolute atomic E-state index is 12.7. The van der Waals surface area contributed by atoms with Crippen molar-refractivity contribution in [3.8, 4) is 0 Å². The molecule has 0 bridgehead atoms. The number of carbonyl (C=O) groups excluding carboxylic acids is 1. The van der Waals surface area contributed by atoms with Crippen molar-refractivity contribution in [2.45, 2.75) is 63.7 Å². The zero-order valence-electron chi connectivity index (χ0n) is 16.9. The Balaban J connectivity index is 1.54. The average Bonchev–Trinajstić information content (AvgIpc) is 2.69. The summed E-state index contributed by atoms with van der Waals surface area (Å²) in [6, 6.07) is 7.08. The largest absolute Gasteiger partial charge is 0.377 e. The van der Waals surface area contributed by atoms with Crippen LogP contribution < -0.4 is 0 Å². The van der Waals surface area contributed by atoms with Gasteiger partial charge in [-0.1, -0.05) is 31.9 Å². The van der Waals surface area contributed by atoms with Gasteiger partial charge in [0, 0.05) is 18.7 Å². The minimum Gasteiger partial charge on any atom is -0.377 e. The normalized spacial score (nSPS) is 23.5. The van der Waals surface area contributed by atoms with Gasteiger partial charge in [0.15, 0.2) is 9.84 Å². The topological polar surface area (TPSA) is 63.7 Å². The first kappa shape index (κ1) is 21.3. The van der Waals surface area contributed by atoms with Crippen LogP contribution in [0.15, 0.2) is 24.3 Å². The number of rotatable bonds is 7. The predicted molar refractivity (Wildman–Crippen MR) is 111 cm³/mol. The number of sulfone groups is 1. The monoisotopic (exact) mass is 407 g/mol. The lowest BCUT2D eigenvalue weighted by atomic mass is 9.88. The highest BCUT2D eigenvalue weighted by molar-refractivity contribution is 7.90. The zero-order valence-corrected chi connectivity index (χ0v) is 17.8. The summed E-state index contributed by atoms with van der Waals surface area (Å²) in [5.41, 5.74) is 1.26. The van der Waals surface area contributed by atoms with Crippen LogP contribution in [0.2, 0.25) is 0 Å². The third-order valence-corrected chi connectivity index (χ3v) is 7.52. The summed E-state index contributed by atoms with van der Waals surface area (Å²) in [5.74, 6) is 0.501. The van der Waals surface area contributed by atoms with Crippen molar-refractivity contribution in [1.82, 2.24) is 4.90 Å². The van der Waals surface area contributed by atoms with Crippen LogP contribution >= 0.6 is 0 Å². The van der Waals surface area contributed by atoms with Crippen LogP contribution in [0, 0.1) is 5.92 Å². The molecule has 2 atom stereocenters. The minimum atomic E-state index is -3.27. The molecule has 1 aliphatic heterocycles. The molecule has 2 aliphatic rings. The fraction of sp³-hybridized carbons (Fsp3) is 0.682. The van der Waals surface area contributed by atoms with Crippen molar-refractivity contribution in [1.29, 1.82) is 0 Å². The number of hydrogen-bond acceptors (Lipinski definition) is 4. The van der Waals surface area contributed by atoms with Crippen molar-refractivity contribution in [2.24, 2.45) is 5.92 Å². The number of carbonyl (C=O) groups is 1. The molecule has 28 heavy (non-hydrogen) atoms. The van der Waals surface area contributed by atoms with Gasteiger partial charge in [-0.2, -0.15) is 0 Å². The highest BCUT2D eigenvalue weighted by Crippen LogP contribution is 2.26. The Hall–Kier alpha value is -1.40. The quantitative estimate of drug-likeness (QED) is 0.689. The Bertz CT molecular complexity index is 756. The molecule has 0 radical (unpaired) electrons. The number of amides is 1. The number of nitrogens with zero attached hydrogens (tertiary/aromatic N) is 1. The van der Waals surface area contributed by atoms with E-state index in [1.165, 1.54) is 19.3 Å². The Labute approximate surface area is 169 Å². The third-order valence-electron chi connectivity index (χ3n) is 5.96. The number of benzene rings is 1. The van der Waals surface area contributed by atoms with Gasteiger partial charge in [-0.25, -0.2) is 8.42 Å². The molecule has 1 saturated carbocycles. The molecule has 1 saturated heterocycles. The molecule has 2 fully saturated rings. The molecule has 156 valence electrons. The van der Waals surface area contributed by atoms with Gasteiger partial charge in [-0.3, -0.25) is 4.79 Å². The fourth-order valence-corrected chi connectivity index (χ4v) is 5.44. The maximum Gasteiger partial charge on any atom is 0.253 e. The molecule has 0 N–H and O–H groups in total. The summed E-state index contributed by atoms with van der Waals surface area (Å²) in [7, 11) is -3.27. The fourth-order valence-electron chi connectivity index (χ4n) is 4.26. The van der Waals surface area contributed by atoms with E-state index in [4.69, 9.17) is 4.74 Å². The molecule has 0 aromatic heterocycles. The molecule has 6 heteroatoms. The van der Waals surface area contributed by atoms with E-state index in [1.54, 1.807) is 24.3 Å². The van der Waals surface area contributed by atoms with Gasteiger partial charge in [-0.15, -0.1) is 0 Å². The van der Waals surface area contributed by atoms with Crippen LogP contribution in [0.4, 0.5) is 0 Å². The molecule has 1 aliphatic carbocycles. The molecule has 1 amide bonds. The van der Waals surface area contributed by atoms with Gasteiger partial charge in [-0.05, 0) is 55.7 Å². The van der Waals surface area contributed by atoms with Gasteiger partial charge < -0.3 is 9.64 Å². The number of likely N-dealkylation sites (tertiary alicyclic amines) is 1. The van der Waals surface area contributed by atoms with E-state index in [0.29, 0.717) is 17.0 Å². The van der Waals surface area contributed by atoms with Crippen LogP contribution in [0.3, 0.4) is 0 Å². The summed E-state index contributed by atoms with van der Waals surface area (Å²) in [4.78, 5) is 14.5. The third kappa shape index (κ3) is 6.05. The lowest BCUT2D eigenvalue weighted by Gasteiger charge is -2.28. The molecular formula is C22H33NO4S. The van der Waals surface area contributed by atoms with E-state index >= 15 is 0 Å². The van der Waals surface area contributed by atoms with Crippen LogP contribution in [-0.2, 0) is 20.3 Å². The first-order valence-corrected chi connectivity index (χ1v) is 12.5. The van der Waals surface area contributed by atoms with Gasteiger partial charge >= 0.3 is 0 Å². The molecule has 0 spiro atoms. The molecular weight excluding hydrogens is 374 g/mol. The van der Waals surface area contributed by atoms with Gasteiger partial charge in [0.2, 0.25) is 0 Å². The Kier molecular flexibility index (Phi) is 7.52. The average molecular weight is 408 g/mol. The summed E-state index contributed by atoms with van der Waals surface area (Å²) in [6.45, 7) is 4.02. The van der Waals surface area contributed by atoms with E-state index in [2.05, 4.69) is 6.92 Å². The second-order valence-electron chi connectivity index (χ2n) is 8.32. The Morgan fingerprint density at radius 2 is 1.86 bits per heavy atom. The van der Waals surface area contributed by atoms with E-state index in [0.717, 1.165) is 38.8 Å². The van der Waals surface area contributed by atoms with Crippen LogP contribution in [-0.4, -0.2) is 50.8 Å².